The summed E-state index contributed by atoms with van der Waals surface area (Å²) in [6, 6.07) is 10.5. The van der Waals surface area contributed by atoms with E-state index in [1.807, 2.05) is 6.07 Å². The molecular weight excluding hydrogens is 300 g/mol. The molecule has 5 heteroatoms. The number of aromatic nitrogens is 2. The van der Waals surface area contributed by atoms with Crippen LogP contribution in [0.5, 0.6) is 0 Å². The quantitative estimate of drug-likeness (QED) is 0.819. The SMILES string of the molecule is Cc1ccc(CC(CO)CNc2cc(N3CCCC3)ncn2)cc1. The summed E-state index contributed by atoms with van der Waals surface area (Å²) >= 11 is 0. The van der Waals surface area contributed by atoms with Crippen molar-refractivity contribution in [3.8, 4) is 0 Å². The molecule has 128 valence electrons. The molecule has 1 aromatic heterocycles. The van der Waals surface area contributed by atoms with E-state index >= 15 is 0 Å². The van der Waals surface area contributed by atoms with Gasteiger partial charge in [-0.25, -0.2) is 9.97 Å². The molecule has 1 atom stereocenters. The van der Waals surface area contributed by atoms with Crippen molar-refractivity contribution < 1.29 is 5.11 Å². The minimum absolute atomic E-state index is 0.158. The number of hydrogen-bond acceptors (Lipinski definition) is 5. The van der Waals surface area contributed by atoms with E-state index in [0.717, 1.165) is 31.1 Å². The van der Waals surface area contributed by atoms with Gasteiger partial charge in [-0.05, 0) is 31.7 Å². The average molecular weight is 326 g/mol. The van der Waals surface area contributed by atoms with Crippen molar-refractivity contribution in [1.82, 2.24) is 9.97 Å². The van der Waals surface area contributed by atoms with Crippen LogP contribution in [0.3, 0.4) is 0 Å². The number of aliphatic hydroxyl groups is 1. The molecule has 1 unspecified atom stereocenters. The lowest BCUT2D eigenvalue weighted by molar-refractivity contribution is 0.232. The molecule has 0 radical (unpaired) electrons. The summed E-state index contributed by atoms with van der Waals surface area (Å²) in [7, 11) is 0. The number of hydrogen-bond donors (Lipinski definition) is 2. The molecule has 24 heavy (non-hydrogen) atoms. The molecule has 1 aliphatic heterocycles. The second-order valence-electron chi connectivity index (χ2n) is 6.57. The van der Waals surface area contributed by atoms with Crippen LogP contribution in [0.1, 0.15) is 24.0 Å². The number of nitrogens with zero attached hydrogens (tertiary/aromatic N) is 3. The lowest BCUT2D eigenvalue weighted by Crippen LogP contribution is -2.22. The lowest BCUT2D eigenvalue weighted by Gasteiger charge is -2.18. The van der Waals surface area contributed by atoms with Gasteiger partial charge in [0, 0.05) is 38.2 Å². The Morgan fingerprint density at radius 1 is 1.17 bits per heavy atom. The fourth-order valence-corrected chi connectivity index (χ4v) is 3.07. The molecule has 0 saturated carbocycles. The van der Waals surface area contributed by atoms with Crippen LogP contribution >= 0.6 is 0 Å². The number of aryl methyl sites for hydroxylation is 1. The van der Waals surface area contributed by atoms with Crippen molar-refractivity contribution in [2.24, 2.45) is 5.92 Å². The predicted octanol–water partition coefficient (Wildman–Crippen LogP) is 2.65. The van der Waals surface area contributed by atoms with Gasteiger partial charge < -0.3 is 15.3 Å². The van der Waals surface area contributed by atoms with E-state index in [4.69, 9.17) is 0 Å². The van der Waals surface area contributed by atoms with Gasteiger partial charge >= 0.3 is 0 Å². The third-order valence-electron chi connectivity index (χ3n) is 4.56. The van der Waals surface area contributed by atoms with Gasteiger partial charge in [0.2, 0.25) is 0 Å². The molecule has 2 N–H and O–H groups in total. The number of rotatable bonds is 7. The van der Waals surface area contributed by atoms with E-state index in [-0.39, 0.29) is 12.5 Å². The smallest absolute Gasteiger partial charge is 0.134 e. The van der Waals surface area contributed by atoms with E-state index in [0.29, 0.717) is 6.54 Å². The Hall–Kier alpha value is -2.14. The molecule has 1 aromatic carbocycles. The lowest BCUT2D eigenvalue weighted by atomic mass is 9.99. The molecule has 0 amide bonds. The van der Waals surface area contributed by atoms with Gasteiger partial charge in [-0.15, -0.1) is 0 Å². The summed E-state index contributed by atoms with van der Waals surface area (Å²) in [5.74, 6) is 1.98. The molecule has 2 heterocycles. The molecular formula is C19H26N4O. The second kappa shape index (κ2) is 8.11. The first-order chi connectivity index (χ1) is 11.7. The molecule has 1 aliphatic rings. The average Bonchev–Trinajstić information content (AvgIpc) is 3.15. The van der Waals surface area contributed by atoms with Crippen LogP contribution in [0.4, 0.5) is 11.6 Å². The summed E-state index contributed by atoms with van der Waals surface area (Å²) in [5, 5.41) is 13.0. The number of benzene rings is 1. The van der Waals surface area contributed by atoms with Gasteiger partial charge in [0.05, 0.1) is 0 Å². The van der Waals surface area contributed by atoms with Crippen molar-refractivity contribution in [3.05, 3.63) is 47.8 Å². The maximum absolute atomic E-state index is 9.67. The highest BCUT2D eigenvalue weighted by Crippen LogP contribution is 2.19. The Morgan fingerprint density at radius 3 is 2.62 bits per heavy atom. The summed E-state index contributed by atoms with van der Waals surface area (Å²) in [5.41, 5.74) is 2.51. The second-order valence-corrected chi connectivity index (χ2v) is 6.57. The fourth-order valence-electron chi connectivity index (χ4n) is 3.07. The van der Waals surface area contributed by atoms with E-state index in [1.165, 1.54) is 24.0 Å². The summed E-state index contributed by atoms with van der Waals surface area (Å²) in [6.45, 7) is 5.08. The van der Waals surface area contributed by atoms with E-state index in [2.05, 4.69) is 51.4 Å². The number of anilines is 2. The van der Waals surface area contributed by atoms with Crippen LogP contribution in [0.25, 0.3) is 0 Å². The molecule has 2 aromatic rings. The Bertz CT molecular complexity index is 638. The molecule has 0 bridgehead atoms. The van der Waals surface area contributed by atoms with Crippen LogP contribution in [-0.2, 0) is 6.42 Å². The van der Waals surface area contributed by atoms with Crippen LogP contribution in [0.2, 0.25) is 0 Å². The van der Waals surface area contributed by atoms with Gasteiger partial charge in [-0.2, -0.15) is 0 Å². The van der Waals surface area contributed by atoms with Crippen molar-refractivity contribution in [2.45, 2.75) is 26.2 Å². The van der Waals surface area contributed by atoms with Crippen molar-refractivity contribution in [2.75, 3.05) is 36.5 Å². The third kappa shape index (κ3) is 4.45. The van der Waals surface area contributed by atoms with Gasteiger partial charge in [-0.1, -0.05) is 29.8 Å². The molecule has 0 aliphatic carbocycles. The standard InChI is InChI=1S/C19H26N4O/c1-15-4-6-16(7-5-15)10-17(13-24)12-20-18-11-19(22-14-21-18)23-8-2-3-9-23/h4-7,11,14,17,24H,2-3,8-10,12-13H2,1H3,(H,20,21,22). The highest BCUT2D eigenvalue weighted by Gasteiger charge is 2.14. The summed E-state index contributed by atoms with van der Waals surface area (Å²) in [4.78, 5) is 11.0. The maximum Gasteiger partial charge on any atom is 0.134 e. The minimum Gasteiger partial charge on any atom is -0.396 e. The fraction of sp³-hybridized carbons (Fsp3) is 0.474. The first kappa shape index (κ1) is 16.7. The van der Waals surface area contributed by atoms with E-state index < -0.39 is 0 Å². The molecule has 1 saturated heterocycles. The first-order valence-electron chi connectivity index (χ1n) is 8.72. The highest BCUT2D eigenvalue weighted by atomic mass is 16.3. The zero-order chi connectivity index (χ0) is 16.8. The topological polar surface area (TPSA) is 61.3 Å². The van der Waals surface area contributed by atoms with E-state index in [1.54, 1.807) is 6.33 Å². The molecule has 1 fully saturated rings. The van der Waals surface area contributed by atoms with Gasteiger partial charge in [0.1, 0.15) is 18.0 Å². The van der Waals surface area contributed by atoms with Crippen LogP contribution in [-0.4, -0.2) is 41.3 Å². The maximum atomic E-state index is 9.67. The highest BCUT2D eigenvalue weighted by molar-refractivity contribution is 5.48. The van der Waals surface area contributed by atoms with Gasteiger partial charge in [-0.3, -0.25) is 0 Å². The Kier molecular flexibility index (Phi) is 5.64. The summed E-state index contributed by atoms with van der Waals surface area (Å²) in [6.07, 6.45) is 4.93. The predicted molar refractivity (Wildman–Crippen MR) is 97.4 cm³/mol. The van der Waals surface area contributed by atoms with Gasteiger partial charge in [0.25, 0.3) is 0 Å². The van der Waals surface area contributed by atoms with E-state index in [9.17, 15) is 5.11 Å². The van der Waals surface area contributed by atoms with Crippen LogP contribution in [0.15, 0.2) is 36.7 Å². The number of nitrogens with one attached hydrogen (secondary N) is 1. The first-order valence-corrected chi connectivity index (χ1v) is 8.72. The molecule has 0 spiro atoms. The zero-order valence-corrected chi connectivity index (χ0v) is 14.3. The Balaban J connectivity index is 1.57. The molecule has 3 rings (SSSR count). The Labute approximate surface area is 143 Å². The third-order valence-corrected chi connectivity index (χ3v) is 4.56. The zero-order valence-electron chi connectivity index (χ0n) is 14.3. The van der Waals surface area contributed by atoms with Crippen molar-refractivity contribution in [3.63, 3.8) is 0 Å². The van der Waals surface area contributed by atoms with Crippen molar-refractivity contribution >= 4 is 11.6 Å². The monoisotopic (exact) mass is 326 g/mol. The minimum atomic E-state index is 0.158. The van der Waals surface area contributed by atoms with Crippen LogP contribution in [0, 0.1) is 12.8 Å². The Morgan fingerprint density at radius 2 is 1.92 bits per heavy atom. The van der Waals surface area contributed by atoms with Crippen LogP contribution < -0.4 is 10.2 Å². The summed E-state index contributed by atoms with van der Waals surface area (Å²) < 4.78 is 0. The normalized spacial score (nSPS) is 15.5. The van der Waals surface area contributed by atoms with Crippen molar-refractivity contribution in [1.29, 1.82) is 0 Å². The number of aliphatic hydroxyl groups excluding tert-OH is 1. The largest absolute Gasteiger partial charge is 0.396 e. The van der Waals surface area contributed by atoms with Gasteiger partial charge in [0.15, 0.2) is 0 Å². The molecule has 5 nitrogen and oxygen atoms in total.